The minimum Gasteiger partial charge on any atom is -0.467 e. The predicted octanol–water partition coefficient (Wildman–Crippen LogP) is 3.41. The molecule has 4 heterocycles. The number of aromatic nitrogens is 4. The second-order valence-electron chi connectivity index (χ2n) is 8.43. The Morgan fingerprint density at radius 3 is 2.66 bits per heavy atom. The standard InChI is InChI=1S/C24H23FN6O4/c1-24(22(26)32)12-34-21(35-13-24)20-30-18(14-4-6-15(25)7-5-14)19(31-20)17-8-9-27-23(29-17)28-11-16-3-2-10-33-16/h2-10,21H,11-13H2,1H3,(H2,26,32)(H,30,31)(H,27,28,29). The maximum atomic E-state index is 13.6. The van der Waals surface area contributed by atoms with Crippen molar-refractivity contribution in [3.63, 3.8) is 0 Å². The second-order valence-corrected chi connectivity index (χ2v) is 8.43. The Morgan fingerprint density at radius 1 is 1.20 bits per heavy atom. The number of halogens is 1. The van der Waals surface area contributed by atoms with Gasteiger partial charge in [-0.2, -0.15) is 0 Å². The van der Waals surface area contributed by atoms with Crippen molar-refractivity contribution in [1.82, 2.24) is 19.9 Å². The number of primary amides is 1. The van der Waals surface area contributed by atoms with E-state index < -0.39 is 17.6 Å². The van der Waals surface area contributed by atoms with Gasteiger partial charge in [0.15, 0.2) is 5.82 Å². The van der Waals surface area contributed by atoms with Crippen molar-refractivity contribution in [2.45, 2.75) is 19.8 Å². The first-order valence-corrected chi connectivity index (χ1v) is 10.9. The van der Waals surface area contributed by atoms with Crippen molar-refractivity contribution in [1.29, 1.82) is 0 Å². The summed E-state index contributed by atoms with van der Waals surface area (Å²) < 4.78 is 30.4. The third-order valence-electron chi connectivity index (χ3n) is 5.68. The van der Waals surface area contributed by atoms with Crippen LogP contribution in [0.2, 0.25) is 0 Å². The molecule has 0 saturated carbocycles. The summed E-state index contributed by atoms with van der Waals surface area (Å²) in [6.45, 7) is 2.27. The number of benzene rings is 1. The average molecular weight is 478 g/mol. The van der Waals surface area contributed by atoms with Crippen molar-refractivity contribution in [2.75, 3.05) is 18.5 Å². The molecule has 0 aliphatic carbocycles. The van der Waals surface area contributed by atoms with E-state index in [4.69, 9.17) is 19.6 Å². The van der Waals surface area contributed by atoms with Crippen molar-refractivity contribution in [3.8, 4) is 22.6 Å². The zero-order valence-electron chi connectivity index (χ0n) is 18.8. The third-order valence-corrected chi connectivity index (χ3v) is 5.68. The molecule has 1 amide bonds. The Bertz CT molecular complexity index is 1310. The molecule has 1 aliphatic heterocycles. The van der Waals surface area contributed by atoms with Gasteiger partial charge in [0, 0.05) is 11.8 Å². The molecule has 0 radical (unpaired) electrons. The van der Waals surface area contributed by atoms with Crippen LogP contribution in [-0.4, -0.2) is 39.1 Å². The maximum Gasteiger partial charge on any atom is 0.228 e. The van der Waals surface area contributed by atoms with E-state index in [0.29, 0.717) is 41.0 Å². The van der Waals surface area contributed by atoms with Crippen LogP contribution in [0.15, 0.2) is 59.3 Å². The van der Waals surface area contributed by atoms with Gasteiger partial charge in [0.2, 0.25) is 18.1 Å². The average Bonchev–Trinajstić information content (AvgIpc) is 3.54. The van der Waals surface area contributed by atoms with E-state index in [1.54, 1.807) is 43.6 Å². The van der Waals surface area contributed by atoms with Crippen molar-refractivity contribution in [3.05, 3.63) is 72.3 Å². The van der Waals surface area contributed by atoms with E-state index >= 15 is 0 Å². The first-order valence-electron chi connectivity index (χ1n) is 10.9. The first-order chi connectivity index (χ1) is 16.9. The number of carbonyl (C=O) groups is 1. The number of anilines is 1. The molecule has 1 saturated heterocycles. The van der Waals surface area contributed by atoms with Gasteiger partial charge in [-0.3, -0.25) is 4.79 Å². The van der Waals surface area contributed by atoms with Gasteiger partial charge in [0.1, 0.15) is 11.6 Å². The number of furan rings is 1. The van der Waals surface area contributed by atoms with Crippen LogP contribution in [0.4, 0.5) is 10.3 Å². The number of hydrogen-bond acceptors (Lipinski definition) is 8. The smallest absolute Gasteiger partial charge is 0.228 e. The Labute approximate surface area is 199 Å². The molecule has 1 aliphatic rings. The van der Waals surface area contributed by atoms with Crippen molar-refractivity contribution < 1.29 is 23.1 Å². The van der Waals surface area contributed by atoms with Gasteiger partial charge in [0.25, 0.3) is 0 Å². The lowest BCUT2D eigenvalue weighted by molar-refractivity contribution is -0.230. The van der Waals surface area contributed by atoms with Gasteiger partial charge in [-0.05, 0) is 49.4 Å². The lowest BCUT2D eigenvalue weighted by Gasteiger charge is -2.34. The van der Waals surface area contributed by atoms with Crippen molar-refractivity contribution >= 4 is 11.9 Å². The van der Waals surface area contributed by atoms with Gasteiger partial charge >= 0.3 is 0 Å². The highest BCUT2D eigenvalue weighted by Crippen LogP contribution is 2.35. The molecule has 1 aromatic carbocycles. The zero-order chi connectivity index (χ0) is 24.4. The summed E-state index contributed by atoms with van der Waals surface area (Å²) in [7, 11) is 0. The van der Waals surface area contributed by atoms with E-state index in [2.05, 4.69) is 25.3 Å². The molecule has 0 atom stereocenters. The minimum atomic E-state index is -0.924. The molecule has 1 fully saturated rings. The molecule has 10 nitrogen and oxygen atoms in total. The largest absolute Gasteiger partial charge is 0.467 e. The van der Waals surface area contributed by atoms with Crippen LogP contribution >= 0.6 is 0 Å². The highest BCUT2D eigenvalue weighted by Gasteiger charge is 2.39. The van der Waals surface area contributed by atoms with Gasteiger partial charge in [0.05, 0.1) is 48.5 Å². The van der Waals surface area contributed by atoms with E-state index in [0.717, 1.165) is 5.76 Å². The number of nitrogens with two attached hydrogens (primary N) is 1. The van der Waals surface area contributed by atoms with E-state index in [-0.39, 0.29) is 19.0 Å². The molecule has 3 aromatic heterocycles. The van der Waals surface area contributed by atoms with Crippen LogP contribution < -0.4 is 11.1 Å². The van der Waals surface area contributed by atoms with Crippen LogP contribution in [0.25, 0.3) is 22.6 Å². The normalized spacial score (nSPS) is 20.0. The molecule has 4 aromatic rings. The highest BCUT2D eigenvalue weighted by atomic mass is 19.1. The number of hydrogen-bond donors (Lipinski definition) is 3. The quantitative estimate of drug-likeness (QED) is 0.367. The molecular weight excluding hydrogens is 455 g/mol. The summed E-state index contributed by atoms with van der Waals surface area (Å²) in [5, 5.41) is 3.12. The predicted molar refractivity (Wildman–Crippen MR) is 123 cm³/mol. The Morgan fingerprint density at radius 2 is 1.97 bits per heavy atom. The summed E-state index contributed by atoms with van der Waals surface area (Å²) in [6.07, 6.45) is 2.37. The molecule has 11 heteroatoms. The summed E-state index contributed by atoms with van der Waals surface area (Å²) in [4.78, 5) is 28.5. The second kappa shape index (κ2) is 9.28. The monoisotopic (exact) mass is 478 g/mol. The van der Waals surface area contributed by atoms with Gasteiger partial charge < -0.3 is 29.9 Å². The lowest BCUT2D eigenvalue weighted by Crippen LogP contribution is -2.46. The molecular formula is C24H23FN6O4. The van der Waals surface area contributed by atoms with E-state index in [1.165, 1.54) is 12.1 Å². The fourth-order valence-electron chi connectivity index (χ4n) is 3.58. The summed E-state index contributed by atoms with van der Waals surface area (Å²) >= 11 is 0. The molecule has 180 valence electrons. The lowest BCUT2D eigenvalue weighted by atomic mass is 9.91. The Kier molecular flexibility index (Phi) is 6.01. The molecule has 0 bridgehead atoms. The van der Waals surface area contributed by atoms with Crippen LogP contribution in [0.1, 0.15) is 24.8 Å². The molecule has 5 rings (SSSR count). The number of nitrogens with one attached hydrogen (secondary N) is 2. The maximum absolute atomic E-state index is 13.6. The fourth-order valence-corrected chi connectivity index (χ4v) is 3.58. The van der Waals surface area contributed by atoms with Crippen LogP contribution in [0.3, 0.4) is 0 Å². The molecule has 35 heavy (non-hydrogen) atoms. The van der Waals surface area contributed by atoms with E-state index in [1.807, 2.05) is 6.07 Å². The topological polar surface area (TPSA) is 141 Å². The molecule has 0 spiro atoms. The summed E-state index contributed by atoms with van der Waals surface area (Å²) in [6, 6.07) is 11.3. The van der Waals surface area contributed by atoms with E-state index in [9.17, 15) is 9.18 Å². The number of rotatable bonds is 7. The Hall–Kier alpha value is -4.09. The van der Waals surface area contributed by atoms with Crippen LogP contribution in [-0.2, 0) is 20.8 Å². The summed E-state index contributed by atoms with van der Waals surface area (Å²) in [5.41, 5.74) is 6.88. The number of ether oxygens (including phenoxy) is 2. The molecule has 4 N–H and O–H groups in total. The zero-order valence-corrected chi connectivity index (χ0v) is 18.8. The minimum absolute atomic E-state index is 0.0866. The van der Waals surface area contributed by atoms with Crippen LogP contribution in [0.5, 0.6) is 0 Å². The number of carbonyl (C=O) groups excluding carboxylic acids is 1. The number of H-pyrrole nitrogens is 1. The summed E-state index contributed by atoms with van der Waals surface area (Å²) in [5.74, 6) is 0.655. The van der Waals surface area contributed by atoms with Gasteiger partial charge in [-0.1, -0.05) is 0 Å². The van der Waals surface area contributed by atoms with Gasteiger partial charge in [-0.25, -0.2) is 19.3 Å². The van der Waals surface area contributed by atoms with Gasteiger partial charge in [-0.15, -0.1) is 0 Å². The van der Waals surface area contributed by atoms with Crippen LogP contribution in [0, 0.1) is 11.2 Å². The first kappa shape index (κ1) is 22.7. The molecule has 0 unspecified atom stereocenters. The highest BCUT2D eigenvalue weighted by molar-refractivity contribution is 5.81. The Balaban J connectivity index is 1.46. The number of imidazole rings is 1. The SMILES string of the molecule is CC1(C(N)=O)COC(c2nc(-c3ccc(F)cc3)c(-c3ccnc(NCc4ccco4)n3)[nH]2)OC1. The number of aromatic amines is 1. The number of amides is 1. The fraction of sp³-hybridized carbons (Fsp3) is 0.250. The third kappa shape index (κ3) is 4.77. The van der Waals surface area contributed by atoms with Crippen molar-refractivity contribution in [2.24, 2.45) is 11.1 Å². The number of nitrogens with zero attached hydrogens (tertiary/aromatic N) is 3.